The maximum Gasteiger partial charge on any atom is -1.00 e. The van der Waals surface area contributed by atoms with Crippen molar-refractivity contribution < 1.29 is 0 Å². The number of aromatic nitrogens is 2. The van der Waals surface area contributed by atoms with Crippen molar-refractivity contribution in [3.8, 4) is 0 Å². The quantitative estimate of drug-likeness (QED) is 0.0418. The molecule has 1 aliphatic heterocycles. The molecule has 4 rings (SSSR count). The summed E-state index contributed by atoms with van der Waals surface area (Å²) >= 11 is -2.02. The standard InChI is InChI=1S/C32H41IN4.Li/c1-10-13-26-16-17-28(20-25(26)11-2)36(9)31-34-21-29-24(5)37(27-18-19-27)33(30(29)35-31)23(4)15-12-14-22(3)32(6,7)8;/h12,14,16-17,20-21,27H,3,5,9-11,13,18-19H2,1-2,4,6-8H3;/q;-1/b14-12-;. The van der Waals surface area contributed by atoms with Gasteiger partial charge in [-0.2, -0.15) is 0 Å². The first kappa shape index (κ1) is 30.6. The van der Waals surface area contributed by atoms with Gasteiger partial charge in [0.1, 0.15) is 0 Å². The van der Waals surface area contributed by atoms with Gasteiger partial charge < -0.3 is 18.9 Å². The smallest absolute Gasteiger partial charge is 1.00 e. The fraction of sp³-hybridized carbons (Fsp3) is 0.406. The molecule has 6 heteroatoms. The van der Waals surface area contributed by atoms with Crippen LogP contribution in [0.2, 0.25) is 0 Å². The van der Waals surface area contributed by atoms with Crippen LogP contribution in [0.25, 0.3) is 5.70 Å². The summed E-state index contributed by atoms with van der Waals surface area (Å²) in [6, 6.07) is 7.19. The Bertz CT molecular complexity index is 1300. The Kier molecular flexibility index (Phi) is 10.1. The number of aryl methyl sites for hydroxylation is 2. The van der Waals surface area contributed by atoms with E-state index in [1.54, 1.807) is 0 Å². The second-order valence-electron chi connectivity index (χ2n) is 10.9. The fourth-order valence-electron chi connectivity index (χ4n) is 4.34. The largest absolute Gasteiger partial charge is 1.00 e. The van der Waals surface area contributed by atoms with Gasteiger partial charge in [0.25, 0.3) is 0 Å². The van der Waals surface area contributed by atoms with E-state index in [0.717, 1.165) is 45.5 Å². The van der Waals surface area contributed by atoms with Crippen molar-refractivity contribution in [3.63, 3.8) is 0 Å². The molecule has 0 atom stereocenters. The molecule has 1 aromatic carbocycles. The predicted molar refractivity (Wildman–Crippen MR) is 173 cm³/mol. The number of allylic oxidation sites excluding steroid dienone is 5. The summed E-state index contributed by atoms with van der Waals surface area (Å²) in [7, 11) is 0. The zero-order valence-electron chi connectivity index (χ0n) is 24.4. The third kappa shape index (κ3) is 6.43. The monoisotopic (exact) mass is 615 g/mol. The molecule has 0 saturated heterocycles. The van der Waals surface area contributed by atoms with Crippen LogP contribution in [0.5, 0.6) is 0 Å². The number of halogens is 1. The van der Waals surface area contributed by atoms with Crippen molar-refractivity contribution >= 4 is 63.0 Å². The molecule has 1 aliphatic carbocycles. The third-order valence-electron chi connectivity index (χ3n) is 6.96. The van der Waals surface area contributed by atoms with Crippen molar-refractivity contribution in [2.75, 3.05) is 0 Å². The van der Waals surface area contributed by atoms with E-state index in [1.807, 2.05) is 16.8 Å². The van der Waals surface area contributed by atoms with Crippen LogP contribution in [-0.2, 0) is 12.8 Å². The maximum atomic E-state index is 5.16. The molecule has 0 unspecified atom stereocenters. The number of hydrogen-bond acceptors (Lipinski definition) is 3. The van der Waals surface area contributed by atoms with E-state index >= 15 is 0 Å². The van der Waals surface area contributed by atoms with Gasteiger partial charge in [-0.05, 0) is 0 Å². The first-order valence-electron chi connectivity index (χ1n) is 13.3. The number of hydrogen-bond donors (Lipinski definition) is 0. The van der Waals surface area contributed by atoms with E-state index in [0.29, 0.717) is 12.0 Å². The second kappa shape index (κ2) is 12.5. The molecule has 1 fully saturated rings. The third-order valence-corrected chi connectivity index (χ3v) is 13.0. The summed E-state index contributed by atoms with van der Waals surface area (Å²) in [5.74, 6) is 0.640. The van der Waals surface area contributed by atoms with Gasteiger partial charge in [-0.15, -0.1) is 0 Å². The molecule has 0 spiro atoms. The molecule has 2 aliphatic rings. The SMILES string of the molecule is C=C1c2cnc([N+](=C)c3ccc(CCC)c(CC)c3)nc2I(C(C)=[C-]/C=C\C(=C)C(C)(C)C)N1C1CC1.[Li-]. The average molecular weight is 616 g/mol. The van der Waals surface area contributed by atoms with Gasteiger partial charge in [-0.25, -0.2) is 0 Å². The minimum Gasteiger partial charge on any atom is -1.00 e. The number of rotatable bonds is 9. The van der Waals surface area contributed by atoms with Crippen LogP contribution in [-0.4, -0.2) is 44.7 Å². The first-order chi connectivity index (χ1) is 17.6. The molecular weight excluding hydrogens is 574 g/mol. The minimum atomic E-state index is -2.02. The Labute approximate surface area is 249 Å². The molecule has 2 heterocycles. The van der Waals surface area contributed by atoms with E-state index in [2.05, 4.69) is 94.9 Å². The van der Waals surface area contributed by atoms with E-state index in [9.17, 15) is 0 Å². The topological polar surface area (TPSA) is 32.0 Å². The van der Waals surface area contributed by atoms with Crippen LogP contribution in [0.15, 0.2) is 58.9 Å². The predicted octanol–water partition coefficient (Wildman–Crippen LogP) is 8.05. The summed E-state index contributed by atoms with van der Waals surface area (Å²) in [5, 5.41) is 0. The second-order valence-corrected chi connectivity index (χ2v) is 16.1. The molecule has 0 N–H and O–H groups in total. The number of benzene rings is 1. The Morgan fingerprint density at radius 3 is 2.55 bits per heavy atom. The van der Waals surface area contributed by atoms with E-state index < -0.39 is 20.1 Å². The molecule has 1 saturated carbocycles. The molecule has 4 nitrogen and oxygen atoms in total. The first-order valence-corrected chi connectivity index (χ1v) is 16.4. The van der Waals surface area contributed by atoms with Gasteiger partial charge in [-0.1, -0.05) is 0 Å². The summed E-state index contributed by atoms with van der Waals surface area (Å²) < 4.78 is 6.86. The number of fused-ring (bicyclic) bond motifs is 1. The van der Waals surface area contributed by atoms with Gasteiger partial charge in [0, 0.05) is 0 Å². The summed E-state index contributed by atoms with van der Waals surface area (Å²) in [5.41, 5.74) is 7.12. The zero-order chi connectivity index (χ0) is 26.9. The summed E-state index contributed by atoms with van der Waals surface area (Å²) in [6.07, 6.45) is 15.4. The van der Waals surface area contributed by atoms with Crippen molar-refractivity contribution in [1.82, 2.24) is 17.7 Å². The van der Waals surface area contributed by atoms with Crippen LogP contribution in [0, 0.1) is 15.2 Å². The van der Waals surface area contributed by atoms with Crippen molar-refractivity contribution in [1.29, 1.82) is 0 Å². The molecule has 38 heavy (non-hydrogen) atoms. The molecule has 2 aromatic rings. The normalized spacial score (nSPS) is 16.6. The van der Waals surface area contributed by atoms with E-state index in [4.69, 9.17) is 9.97 Å². The van der Waals surface area contributed by atoms with Crippen LogP contribution >= 0.6 is 20.1 Å². The van der Waals surface area contributed by atoms with Gasteiger partial charge in [0.05, 0.1) is 0 Å². The molecule has 0 amide bonds. The Morgan fingerprint density at radius 2 is 1.95 bits per heavy atom. The molecule has 1 aromatic heterocycles. The average Bonchev–Trinajstić information content (AvgIpc) is 3.66. The fourth-order valence-corrected chi connectivity index (χ4v) is 10.5. The van der Waals surface area contributed by atoms with Crippen molar-refractivity contribution in [2.24, 2.45) is 5.41 Å². The van der Waals surface area contributed by atoms with Crippen LogP contribution in [0.3, 0.4) is 0 Å². The number of nitrogens with zero attached hydrogens (tertiary/aromatic N) is 4. The van der Waals surface area contributed by atoms with Gasteiger partial charge in [-0.3, -0.25) is 0 Å². The van der Waals surface area contributed by atoms with Crippen LogP contribution in [0.4, 0.5) is 11.6 Å². The van der Waals surface area contributed by atoms with Gasteiger partial charge in [0.15, 0.2) is 0 Å². The van der Waals surface area contributed by atoms with Crippen LogP contribution < -0.4 is 4.58 Å². The Hall–Kier alpha value is -1.94. The summed E-state index contributed by atoms with van der Waals surface area (Å²) in [6.45, 7) is 26.2. The Morgan fingerprint density at radius 1 is 1.24 bits per heavy atom. The summed E-state index contributed by atoms with van der Waals surface area (Å²) in [4.78, 5) is 9.90. The van der Waals surface area contributed by atoms with Crippen LogP contribution in [0.1, 0.15) is 77.5 Å². The van der Waals surface area contributed by atoms with E-state index in [-0.39, 0.29) is 24.3 Å². The zero-order valence-corrected chi connectivity index (χ0v) is 26.5. The van der Waals surface area contributed by atoms with Crippen molar-refractivity contribution in [3.05, 3.63) is 85.3 Å². The Balaban J connectivity index is 0.00000400. The van der Waals surface area contributed by atoms with Gasteiger partial charge >= 0.3 is 232 Å². The molecule has 0 bridgehead atoms. The minimum absolute atomic E-state index is 0. The molecule has 2 radical (unpaired) electrons. The van der Waals surface area contributed by atoms with E-state index in [1.165, 1.54) is 27.5 Å². The van der Waals surface area contributed by atoms with Crippen molar-refractivity contribution in [2.45, 2.75) is 79.7 Å². The molecule has 198 valence electrons. The van der Waals surface area contributed by atoms with Gasteiger partial charge in [0.2, 0.25) is 0 Å². The maximum absolute atomic E-state index is 5.16. The molecular formula is C32H41ILiN4-.